The first-order valence-electron chi connectivity index (χ1n) is 7.90. The number of Topliss-reactive ketones (excluding diaryl/α,β-unsaturated/α-hetero) is 1. The Morgan fingerprint density at radius 1 is 1.30 bits per heavy atom. The van der Waals surface area contributed by atoms with Crippen LogP contribution >= 0.6 is 0 Å². The van der Waals surface area contributed by atoms with Gasteiger partial charge in [0.1, 0.15) is 0 Å². The molecule has 0 spiro atoms. The quantitative estimate of drug-likeness (QED) is 0.323. The minimum atomic E-state index is -0.498. The minimum Gasteiger partial charge on any atom is -0.449 e. The Balaban J connectivity index is 2.49. The maximum atomic E-state index is 12.5. The Morgan fingerprint density at radius 2 is 2.00 bits per heavy atom. The zero-order valence-electron chi connectivity index (χ0n) is 14.2. The second-order valence-electron chi connectivity index (χ2n) is 6.63. The molecule has 0 aromatic rings. The average molecular weight is 310 g/mol. The fraction of sp³-hybridized carbons (Fsp3) is 0.500. The van der Waals surface area contributed by atoms with Crippen molar-refractivity contribution in [3.05, 3.63) is 23.3 Å². The van der Waals surface area contributed by atoms with Gasteiger partial charge in [-0.05, 0) is 43.3 Å². The van der Waals surface area contributed by atoms with Crippen molar-refractivity contribution in [2.75, 3.05) is 0 Å². The molecule has 0 saturated heterocycles. The van der Waals surface area contributed by atoms with Crippen LogP contribution in [0.4, 0.5) is 0 Å². The van der Waals surface area contributed by atoms with E-state index >= 15 is 0 Å². The first-order chi connectivity index (χ1) is 10.8. The van der Waals surface area contributed by atoms with E-state index < -0.39 is 6.10 Å². The number of ketones is 1. The molecule has 0 aromatic heterocycles. The lowest BCUT2D eigenvalue weighted by Gasteiger charge is -2.41. The molecule has 0 aliphatic heterocycles. The number of hydrogen-bond acceptors (Lipinski definition) is 3. The minimum absolute atomic E-state index is 0.0257. The van der Waals surface area contributed by atoms with Gasteiger partial charge in [0.25, 0.3) is 0 Å². The van der Waals surface area contributed by atoms with Crippen LogP contribution in [0.5, 0.6) is 0 Å². The molecule has 2 rings (SSSR count). The van der Waals surface area contributed by atoms with Crippen LogP contribution in [0.3, 0.4) is 0 Å². The number of rotatable bonds is 1. The number of fused-ring (bicyclic) bond motifs is 2. The third-order valence-electron chi connectivity index (χ3n) is 4.68. The largest absolute Gasteiger partial charge is 0.449 e. The molecular weight excluding hydrogens is 288 g/mol. The lowest BCUT2D eigenvalue weighted by atomic mass is 9.63. The van der Waals surface area contributed by atoms with E-state index in [0.717, 1.165) is 18.4 Å². The Hall–Kier alpha value is -2.26. The summed E-state index contributed by atoms with van der Waals surface area (Å²) in [6, 6.07) is 0. The predicted molar refractivity (Wildman–Crippen MR) is 89.1 cm³/mol. The summed E-state index contributed by atoms with van der Waals surface area (Å²) < 4.78 is 5.35. The van der Waals surface area contributed by atoms with Crippen molar-refractivity contribution >= 4 is 11.8 Å². The number of carbonyl (C=O) groups excluding carboxylic acids is 2. The third-order valence-corrected chi connectivity index (χ3v) is 4.68. The maximum Gasteiger partial charge on any atom is 0.303 e. The van der Waals surface area contributed by atoms with Gasteiger partial charge in [-0.15, -0.1) is 0 Å². The smallest absolute Gasteiger partial charge is 0.303 e. The second-order valence-corrected chi connectivity index (χ2v) is 6.63. The van der Waals surface area contributed by atoms with Crippen molar-refractivity contribution < 1.29 is 14.3 Å². The van der Waals surface area contributed by atoms with Crippen LogP contribution in [0.2, 0.25) is 0 Å². The molecule has 2 aliphatic carbocycles. The lowest BCUT2D eigenvalue weighted by Crippen LogP contribution is -2.37. The molecule has 0 N–H and O–H groups in total. The van der Waals surface area contributed by atoms with Crippen LogP contribution in [-0.4, -0.2) is 17.9 Å². The molecule has 120 valence electrons. The van der Waals surface area contributed by atoms with Gasteiger partial charge in [0.2, 0.25) is 5.78 Å². The van der Waals surface area contributed by atoms with Gasteiger partial charge in [-0.3, -0.25) is 9.59 Å². The van der Waals surface area contributed by atoms with Crippen molar-refractivity contribution in [3.8, 4) is 23.7 Å². The Morgan fingerprint density at radius 3 is 2.70 bits per heavy atom. The molecule has 0 fully saturated rings. The lowest BCUT2D eigenvalue weighted by molar-refractivity contribution is -0.143. The molecule has 0 unspecified atom stereocenters. The highest BCUT2D eigenvalue weighted by molar-refractivity contribution is 5.98. The predicted octanol–water partition coefficient (Wildman–Crippen LogP) is 3.21. The van der Waals surface area contributed by atoms with E-state index in [4.69, 9.17) is 4.74 Å². The summed E-state index contributed by atoms with van der Waals surface area (Å²) in [6.45, 7) is 7.64. The fourth-order valence-electron chi connectivity index (χ4n) is 3.46. The highest BCUT2D eigenvalue weighted by Gasteiger charge is 2.41. The van der Waals surface area contributed by atoms with Crippen molar-refractivity contribution in [2.24, 2.45) is 11.3 Å². The number of carbonyl (C=O) groups is 2. The van der Waals surface area contributed by atoms with E-state index in [2.05, 4.69) is 44.5 Å². The summed E-state index contributed by atoms with van der Waals surface area (Å²) in [6.07, 6.45) is 4.87. The van der Waals surface area contributed by atoms with Gasteiger partial charge in [0.15, 0.2) is 6.10 Å². The van der Waals surface area contributed by atoms with Crippen LogP contribution in [0, 0.1) is 35.0 Å². The molecule has 3 nitrogen and oxygen atoms in total. The molecule has 23 heavy (non-hydrogen) atoms. The summed E-state index contributed by atoms with van der Waals surface area (Å²) in [7, 11) is 0. The van der Waals surface area contributed by atoms with Crippen LogP contribution in [-0.2, 0) is 14.3 Å². The first-order valence-corrected chi connectivity index (χ1v) is 7.90. The van der Waals surface area contributed by atoms with E-state index in [1.54, 1.807) is 12.2 Å². The SMILES string of the molecule is CC(=O)O[C@H]1C#C/C=C\C#CC(=O)[C@@H]2CCC(C)=C(C1)C2(C)C. The van der Waals surface area contributed by atoms with E-state index in [0.29, 0.717) is 6.42 Å². The fourth-order valence-corrected chi connectivity index (χ4v) is 3.46. The molecule has 2 atom stereocenters. The summed E-state index contributed by atoms with van der Waals surface area (Å²) in [5.74, 6) is 10.8. The highest BCUT2D eigenvalue weighted by atomic mass is 16.5. The van der Waals surface area contributed by atoms with Gasteiger partial charge in [0, 0.05) is 19.3 Å². The van der Waals surface area contributed by atoms with Gasteiger partial charge >= 0.3 is 5.97 Å². The zero-order chi connectivity index (χ0) is 17.0. The molecule has 2 aliphatic rings. The molecule has 0 saturated carbocycles. The van der Waals surface area contributed by atoms with Crippen molar-refractivity contribution in [2.45, 2.75) is 53.1 Å². The van der Waals surface area contributed by atoms with Crippen LogP contribution < -0.4 is 0 Å². The zero-order valence-corrected chi connectivity index (χ0v) is 14.2. The first kappa shape index (κ1) is 17.1. The average Bonchev–Trinajstić information content (AvgIpc) is 2.44. The number of hydrogen-bond donors (Lipinski definition) is 0. The van der Waals surface area contributed by atoms with Crippen LogP contribution in [0.1, 0.15) is 47.0 Å². The summed E-state index contributed by atoms with van der Waals surface area (Å²) in [5, 5.41) is 0. The van der Waals surface area contributed by atoms with Gasteiger partial charge in [-0.2, -0.15) is 0 Å². The summed E-state index contributed by atoms with van der Waals surface area (Å²) >= 11 is 0. The number of ether oxygens (including phenoxy) is 1. The second kappa shape index (κ2) is 6.88. The Labute approximate surface area is 138 Å². The van der Waals surface area contributed by atoms with E-state index in [1.807, 2.05) is 0 Å². The summed E-state index contributed by atoms with van der Waals surface area (Å²) in [5.41, 5.74) is 2.12. The Bertz CT molecular complexity index is 699. The van der Waals surface area contributed by atoms with Gasteiger partial charge < -0.3 is 4.74 Å². The van der Waals surface area contributed by atoms with Crippen molar-refractivity contribution in [1.82, 2.24) is 0 Å². The molecule has 3 heteroatoms. The third kappa shape index (κ3) is 3.93. The molecule has 0 amide bonds. The molecular formula is C20H22O3. The van der Waals surface area contributed by atoms with Crippen molar-refractivity contribution in [3.63, 3.8) is 0 Å². The van der Waals surface area contributed by atoms with Crippen LogP contribution in [0.25, 0.3) is 0 Å². The van der Waals surface area contributed by atoms with E-state index in [1.165, 1.54) is 12.5 Å². The molecule has 2 bridgehead atoms. The standard InChI is InChI=1S/C20H22O3/c1-14-11-12-17-19(22)10-8-6-5-7-9-16(23-15(2)21)13-18(14)20(17,3)4/h5-6,16-17H,11-13H2,1-4H3/b6-5-/t16-,17-/m0/s1. The topological polar surface area (TPSA) is 43.4 Å². The summed E-state index contributed by atoms with van der Waals surface area (Å²) in [4.78, 5) is 23.8. The van der Waals surface area contributed by atoms with E-state index in [-0.39, 0.29) is 23.1 Å². The van der Waals surface area contributed by atoms with Crippen molar-refractivity contribution in [1.29, 1.82) is 0 Å². The molecule has 0 aromatic carbocycles. The number of allylic oxidation sites excluding steroid dienone is 3. The van der Waals surface area contributed by atoms with Gasteiger partial charge in [-0.1, -0.05) is 42.8 Å². The normalized spacial score (nSPS) is 27.4. The van der Waals surface area contributed by atoms with Crippen LogP contribution in [0.15, 0.2) is 23.3 Å². The maximum absolute atomic E-state index is 12.5. The monoisotopic (exact) mass is 310 g/mol. The Kier molecular flexibility index (Phi) is 5.12. The van der Waals surface area contributed by atoms with Gasteiger partial charge in [0.05, 0.1) is 0 Å². The van der Waals surface area contributed by atoms with E-state index in [9.17, 15) is 9.59 Å². The molecule has 0 heterocycles. The van der Waals surface area contributed by atoms with Gasteiger partial charge in [-0.25, -0.2) is 0 Å². The molecule has 0 radical (unpaired) electrons. The highest BCUT2D eigenvalue weighted by Crippen LogP contribution is 2.47. The number of esters is 1.